The van der Waals surface area contributed by atoms with Crippen molar-refractivity contribution in [2.45, 2.75) is 6.92 Å². The molecule has 0 bridgehead atoms. The van der Waals surface area contributed by atoms with Gasteiger partial charge in [-0.1, -0.05) is 12.1 Å². The van der Waals surface area contributed by atoms with Crippen molar-refractivity contribution < 1.29 is 14.5 Å². The summed E-state index contributed by atoms with van der Waals surface area (Å²) in [5.74, 6) is -0.472. The molecular weight excluding hydrogens is 374 g/mol. The lowest BCUT2D eigenvalue weighted by Crippen LogP contribution is -2.15. The van der Waals surface area contributed by atoms with Gasteiger partial charge in [0.25, 0.3) is 11.6 Å². The minimum atomic E-state index is -0.537. The SMILES string of the molecule is Cc1nc2ncccc2cc1C(=O)n1cc(C=O)c(-c2cccc([N+](=O)[O-])c2)n1. The highest BCUT2D eigenvalue weighted by Crippen LogP contribution is 2.25. The molecule has 142 valence electrons. The summed E-state index contributed by atoms with van der Waals surface area (Å²) in [4.78, 5) is 43.5. The van der Waals surface area contributed by atoms with E-state index in [4.69, 9.17) is 0 Å². The lowest BCUT2D eigenvalue weighted by molar-refractivity contribution is -0.384. The number of nitro groups is 1. The average molecular weight is 387 g/mol. The fourth-order valence-corrected chi connectivity index (χ4v) is 3.00. The van der Waals surface area contributed by atoms with Crippen LogP contribution in [0.4, 0.5) is 5.69 Å². The van der Waals surface area contributed by atoms with Crippen LogP contribution in [0.3, 0.4) is 0 Å². The molecule has 0 radical (unpaired) electrons. The Hall–Kier alpha value is -4.27. The van der Waals surface area contributed by atoms with Crippen LogP contribution >= 0.6 is 0 Å². The standard InChI is InChI=1S/C20H13N5O4/c1-12-17(9-14-5-3-7-21-19(14)22-12)20(27)24-10-15(11-26)18(23-24)13-4-2-6-16(8-13)25(28)29/h2-11H,1H3. The monoisotopic (exact) mass is 387 g/mol. The highest BCUT2D eigenvalue weighted by Gasteiger charge is 2.20. The van der Waals surface area contributed by atoms with Crippen molar-refractivity contribution in [1.82, 2.24) is 19.7 Å². The Kier molecular flexibility index (Phi) is 4.40. The van der Waals surface area contributed by atoms with Crippen LogP contribution in [0.2, 0.25) is 0 Å². The molecule has 9 nitrogen and oxygen atoms in total. The van der Waals surface area contributed by atoms with Crippen molar-refractivity contribution in [1.29, 1.82) is 0 Å². The molecule has 0 aliphatic rings. The summed E-state index contributed by atoms with van der Waals surface area (Å²) in [6, 6.07) is 10.9. The number of pyridine rings is 2. The molecule has 0 fully saturated rings. The first-order chi connectivity index (χ1) is 14.0. The third-order valence-corrected chi connectivity index (χ3v) is 4.42. The average Bonchev–Trinajstić information content (AvgIpc) is 3.17. The number of rotatable bonds is 4. The normalized spacial score (nSPS) is 10.8. The number of hydrogen-bond donors (Lipinski definition) is 0. The molecule has 0 atom stereocenters. The summed E-state index contributed by atoms with van der Waals surface area (Å²) in [5.41, 5.74) is 1.87. The van der Waals surface area contributed by atoms with Gasteiger partial charge >= 0.3 is 0 Å². The van der Waals surface area contributed by atoms with Gasteiger partial charge in [0, 0.05) is 35.5 Å². The van der Waals surface area contributed by atoms with Crippen LogP contribution in [-0.2, 0) is 0 Å². The molecule has 1 aromatic carbocycles. The number of hydrogen-bond acceptors (Lipinski definition) is 7. The smallest absolute Gasteiger partial charge is 0.280 e. The second-order valence-corrected chi connectivity index (χ2v) is 6.28. The maximum atomic E-state index is 13.0. The fourth-order valence-electron chi connectivity index (χ4n) is 3.00. The lowest BCUT2D eigenvalue weighted by Gasteiger charge is -2.06. The number of aldehydes is 1. The lowest BCUT2D eigenvalue weighted by atomic mass is 10.1. The highest BCUT2D eigenvalue weighted by molar-refractivity contribution is 6.00. The van der Waals surface area contributed by atoms with Gasteiger partial charge < -0.3 is 0 Å². The second kappa shape index (κ2) is 7.04. The Balaban J connectivity index is 1.80. The summed E-state index contributed by atoms with van der Waals surface area (Å²) >= 11 is 0. The van der Waals surface area contributed by atoms with E-state index in [0.29, 0.717) is 34.1 Å². The van der Waals surface area contributed by atoms with Gasteiger partial charge in [-0.15, -0.1) is 0 Å². The van der Waals surface area contributed by atoms with Gasteiger partial charge in [-0.3, -0.25) is 19.7 Å². The van der Waals surface area contributed by atoms with Gasteiger partial charge in [0.15, 0.2) is 11.9 Å². The quantitative estimate of drug-likeness (QED) is 0.299. The number of aryl methyl sites for hydroxylation is 1. The summed E-state index contributed by atoms with van der Waals surface area (Å²) in [6.07, 6.45) is 3.47. The molecule has 9 heteroatoms. The Morgan fingerprint density at radius 2 is 2.03 bits per heavy atom. The molecule has 4 aromatic rings. The summed E-state index contributed by atoms with van der Waals surface area (Å²) in [5, 5.41) is 15.9. The zero-order valence-corrected chi connectivity index (χ0v) is 15.1. The van der Waals surface area contributed by atoms with Crippen molar-refractivity contribution in [3.8, 4) is 11.3 Å². The van der Waals surface area contributed by atoms with Crippen molar-refractivity contribution in [3.63, 3.8) is 0 Å². The van der Waals surface area contributed by atoms with E-state index in [9.17, 15) is 19.7 Å². The Labute approximate surface area is 163 Å². The number of nitro benzene ring substituents is 1. The highest BCUT2D eigenvalue weighted by atomic mass is 16.6. The first-order valence-corrected chi connectivity index (χ1v) is 8.54. The van der Waals surface area contributed by atoms with Crippen molar-refractivity contribution in [2.24, 2.45) is 0 Å². The first-order valence-electron chi connectivity index (χ1n) is 8.54. The maximum Gasteiger partial charge on any atom is 0.280 e. The van der Waals surface area contributed by atoms with Crippen molar-refractivity contribution >= 4 is 28.9 Å². The van der Waals surface area contributed by atoms with E-state index in [2.05, 4.69) is 15.1 Å². The molecule has 0 unspecified atom stereocenters. The van der Waals surface area contributed by atoms with Gasteiger partial charge in [0.2, 0.25) is 0 Å². The van der Waals surface area contributed by atoms with Crippen LogP contribution in [-0.4, -0.2) is 36.9 Å². The molecule has 3 heterocycles. The van der Waals surface area contributed by atoms with Crippen LogP contribution in [0.5, 0.6) is 0 Å². The second-order valence-electron chi connectivity index (χ2n) is 6.28. The van der Waals surface area contributed by atoms with Crippen LogP contribution in [0.25, 0.3) is 22.3 Å². The fraction of sp³-hybridized carbons (Fsp3) is 0.0500. The molecular formula is C20H13N5O4. The summed E-state index contributed by atoms with van der Waals surface area (Å²) in [6.45, 7) is 1.69. The van der Waals surface area contributed by atoms with Crippen molar-refractivity contribution in [3.05, 3.63) is 81.8 Å². The molecule has 0 aliphatic heterocycles. The predicted octanol–water partition coefficient (Wildman–Crippen LogP) is 3.21. The Bertz CT molecular complexity index is 1300. The number of nitrogens with zero attached hydrogens (tertiary/aromatic N) is 5. The Morgan fingerprint density at radius 1 is 1.21 bits per heavy atom. The summed E-state index contributed by atoms with van der Waals surface area (Å²) in [7, 11) is 0. The van der Waals surface area contributed by atoms with E-state index in [0.717, 1.165) is 4.68 Å². The third-order valence-electron chi connectivity index (χ3n) is 4.42. The topological polar surface area (TPSA) is 121 Å². The third kappa shape index (κ3) is 3.25. The first kappa shape index (κ1) is 18.1. The van der Waals surface area contributed by atoms with E-state index < -0.39 is 10.8 Å². The molecule has 0 saturated heterocycles. The predicted molar refractivity (Wildman–Crippen MR) is 104 cm³/mol. The molecule has 0 aliphatic carbocycles. The zero-order valence-electron chi connectivity index (χ0n) is 15.1. The van der Waals surface area contributed by atoms with Crippen LogP contribution in [0, 0.1) is 17.0 Å². The molecule has 29 heavy (non-hydrogen) atoms. The van der Waals surface area contributed by atoms with Gasteiger partial charge in [-0.2, -0.15) is 5.10 Å². The number of carbonyl (C=O) groups excluding carboxylic acids is 2. The van der Waals surface area contributed by atoms with E-state index in [1.165, 1.54) is 24.4 Å². The minimum Gasteiger partial charge on any atom is -0.298 e. The van der Waals surface area contributed by atoms with Gasteiger partial charge in [-0.05, 0) is 25.1 Å². The zero-order chi connectivity index (χ0) is 20.5. The van der Waals surface area contributed by atoms with Crippen LogP contribution in [0.1, 0.15) is 26.4 Å². The Morgan fingerprint density at radius 3 is 2.79 bits per heavy atom. The van der Waals surface area contributed by atoms with E-state index in [-0.39, 0.29) is 16.9 Å². The molecule has 0 amide bonds. The number of carbonyl (C=O) groups is 2. The van der Waals surface area contributed by atoms with Gasteiger partial charge in [-0.25, -0.2) is 14.6 Å². The van der Waals surface area contributed by atoms with Gasteiger partial charge in [0.1, 0.15) is 5.69 Å². The van der Waals surface area contributed by atoms with Crippen LogP contribution < -0.4 is 0 Å². The molecule has 0 saturated carbocycles. The van der Waals surface area contributed by atoms with Gasteiger partial charge in [0.05, 0.1) is 21.7 Å². The minimum absolute atomic E-state index is 0.137. The number of aromatic nitrogens is 4. The van der Waals surface area contributed by atoms with E-state index in [1.807, 2.05) is 0 Å². The van der Waals surface area contributed by atoms with Crippen molar-refractivity contribution in [2.75, 3.05) is 0 Å². The van der Waals surface area contributed by atoms with E-state index >= 15 is 0 Å². The van der Waals surface area contributed by atoms with E-state index in [1.54, 1.807) is 37.4 Å². The molecule has 0 N–H and O–H groups in total. The molecule has 4 rings (SSSR count). The summed E-state index contributed by atoms with van der Waals surface area (Å²) < 4.78 is 1.05. The van der Waals surface area contributed by atoms with Crippen LogP contribution in [0.15, 0.2) is 54.9 Å². The largest absolute Gasteiger partial charge is 0.298 e. The number of benzene rings is 1. The number of non-ortho nitro benzene ring substituents is 1. The molecule has 0 spiro atoms. The number of fused-ring (bicyclic) bond motifs is 1. The molecule has 3 aromatic heterocycles. The maximum absolute atomic E-state index is 13.0.